The lowest BCUT2D eigenvalue weighted by atomic mass is 10.3. The van der Waals surface area contributed by atoms with E-state index in [4.69, 9.17) is 5.73 Å². The zero-order valence-electron chi connectivity index (χ0n) is 9.22. The van der Waals surface area contributed by atoms with E-state index in [-0.39, 0.29) is 0 Å². The minimum absolute atomic E-state index is 0.405. The van der Waals surface area contributed by atoms with Gasteiger partial charge in [-0.1, -0.05) is 17.9 Å². The van der Waals surface area contributed by atoms with Crippen molar-refractivity contribution in [2.45, 2.75) is 10.8 Å². The lowest BCUT2D eigenvalue weighted by Gasteiger charge is -1.99. The third-order valence-electron chi connectivity index (χ3n) is 2.06. The summed E-state index contributed by atoms with van der Waals surface area (Å²) in [5.41, 5.74) is 6.46. The first-order valence-electron chi connectivity index (χ1n) is 5.19. The van der Waals surface area contributed by atoms with Crippen LogP contribution in [0.25, 0.3) is 0 Å². The van der Waals surface area contributed by atoms with Crippen molar-refractivity contribution in [3.63, 3.8) is 0 Å². The minimum Gasteiger partial charge on any atom is -0.320 e. The maximum Gasteiger partial charge on any atom is 0.0963 e. The summed E-state index contributed by atoms with van der Waals surface area (Å²) in [7, 11) is 0. The van der Waals surface area contributed by atoms with Gasteiger partial charge in [0.1, 0.15) is 0 Å². The molecule has 86 valence electrons. The first kappa shape index (κ1) is 12.2. The van der Waals surface area contributed by atoms with Gasteiger partial charge < -0.3 is 5.73 Å². The minimum atomic E-state index is 0.405. The molecule has 0 aromatic carbocycles. The molecule has 0 spiro atoms. The highest BCUT2D eigenvalue weighted by molar-refractivity contribution is 7.98. The Bertz CT molecular complexity index is 523. The maximum absolute atomic E-state index is 5.37. The molecule has 0 aliphatic rings. The number of hydrogen-bond acceptors (Lipinski definition) is 4. The number of thiophene rings is 1. The van der Waals surface area contributed by atoms with Crippen molar-refractivity contribution in [1.29, 1.82) is 0 Å². The second kappa shape index (κ2) is 6.45. The average Bonchev–Trinajstić information content (AvgIpc) is 2.82. The fraction of sp³-hybridized carbons (Fsp3) is 0.154. The van der Waals surface area contributed by atoms with Crippen molar-refractivity contribution in [2.24, 2.45) is 5.73 Å². The second-order valence-electron chi connectivity index (χ2n) is 3.22. The summed E-state index contributed by atoms with van der Waals surface area (Å²) in [6.45, 7) is 0.405. The first-order chi connectivity index (χ1) is 8.40. The Kier molecular flexibility index (Phi) is 4.63. The van der Waals surface area contributed by atoms with Gasteiger partial charge in [-0.25, -0.2) is 4.98 Å². The molecule has 2 nitrogen and oxygen atoms in total. The molecule has 2 aromatic heterocycles. The number of nitrogens with two attached hydrogens (primary N) is 1. The van der Waals surface area contributed by atoms with Crippen molar-refractivity contribution >= 4 is 23.1 Å². The molecule has 2 aromatic rings. The third-order valence-corrected chi connectivity index (χ3v) is 4.13. The van der Waals surface area contributed by atoms with E-state index in [1.54, 1.807) is 23.1 Å². The van der Waals surface area contributed by atoms with Crippen molar-refractivity contribution in [3.8, 4) is 11.8 Å². The number of aromatic nitrogens is 1. The molecule has 0 amide bonds. The Labute approximate surface area is 109 Å². The van der Waals surface area contributed by atoms with Gasteiger partial charge in [-0.05, 0) is 23.6 Å². The molecular formula is C13H12N2S2. The van der Waals surface area contributed by atoms with E-state index >= 15 is 0 Å². The number of pyridine rings is 1. The normalized spacial score (nSPS) is 9.71. The van der Waals surface area contributed by atoms with Gasteiger partial charge in [0.2, 0.25) is 0 Å². The van der Waals surface area contributed by atoms with Crippen LogP contribution in [0.4, 0.5) is 0 Å². The zero-order chi connectivity index (χ0) is 11.9. The molecule has 2 N–H and O–H groups in total. The van der Waals surface area contributed by atoms with Crippen LogP contribution < -0.4 is 5.73 Å². The Morgan fingerprint density at radius 1 is 1.35 bits per heavy atom. The summed E-state index contributed by atoms with van der Waals surface area (Å²) in [6.07, 6.45) is 1.81. The lowest BCUT2D eigenvalue weighted by molar-refractivity contribution is 1.13. The number of rotatable bonds is 3. The molecule has 0 fully saturated rings. The zero-order valence-corrected chi connectivity index (χ0v) is 10.9. The van der Waals surface area contributed by atoms with Crippen LogP contribution in [0.2, 0.25) is 0 Å². The van der Waals surface area contributed by atoms with Crippen molar-refractivity contribution in [3.05, 3.63) is 46.3 Å². The van der Waals surface area contributed by atoms with Gasteiger partial charge >= 0.3 is 0 Å². The van der Waals surface area contributed by atoms with Crippen LogP contribution >= 0.6 is 23.1 Å². The van der Waals surface area contributed by atoms with E-state index in [1.165, 1.54) is 4.88 Å². The standard InChI is InChI=1S/C13H12N2S2/c14-7-3-4-11-6-9-16-12(11)10-17-13-5-1-2-8-15-13/h1-2,5-6,8-9H,7,10,14H2. The topological polar surface area (TPSA) is 38.9 Å². The second-order valence-corrected chi connectivity index (χ2v) is 5.22. The molecule has 0 bridgehead atoms. The molecule has 0 atom stereocenters. The molecule has 2 rings (SSSR count). The molecule has 0 radical (unpaired) electrons. The molecule has 4 heteroatoms. The van der Waals surface area contributed by atoms with E-state index in [1.807, 2.05) is 30.5 Å². The van der Waals surface area contributed by atoms with Crippen LogP contribution in [-0.2, 0) is 5.75 Å². The average molecular weight is 260 g/mol. The molecule has 2 heterocycles. The Morgan fingerprint density at radius 2 is 2.29 bits per heavy atom. The van der Waals surface area contributed by atoms with Crippen LogP contribution in [0, 0.1) is 11.8 Å². The molecule has 0 aliphatic heterocycles. The smallest absolute Gasteiger partial charge is 0.0963 e. The number of nitrogens with zero attached hydrogens (tertiary/aromatic N) is 1. The van der Waals surface area contributed by atoms with Crippen molar-refractivity contribution in [1.82, 2.24) is 4.98 Å². The predicted molar refractivity (Wildman–Crippen MR) is 74.0 cm³/mol. The molecule has 17 heavy (non-hydrogen) atoms. The SMILES string of the molecule is NCC#Cc1ccsc1CSc1ccccn1. The largest absolute Gasteiger partial charge is 0.320 e. The van der Waals surface area contributed by atoms with Gasteiger partial charge in [0.25, 0.3) is 0 Å². The molecular weight excluding hydrogens is 248 g/mol. The molecule has 0 saturated carbocycles. The lowest BCUT2D eigenvalue weighted by Crippen LogP contribution is -1.93. The molecule has 0 saturated heterocycles. The van der Waals surface area contributed by atoms with E-state index in [0.29, 0.717) is 6.54 Å². The van der Waals surface area contributed by atoms with Gasteiger partial charge in [-0.15, -0.1) is 23.1 Å². The third kappa shape index (κ3) is 3.60. The fourth-order valence-corrected chi connectivity index (χ4v) is 3.09. The van der Waals surface area contributed by atoms with E-state index in [9.17, 15) is 0 Å². The highest BCUT2D eigenvalue weighted by Gasteiger charge is 2.03. The van der Waals surface area contributed by atoms with Crippen LogP contribution in [0.1, 0.15) is 10.4 Å². The summed E-state index contributed by atoms with van der Waals surface area (Å²) >= 11 is 3.45. The Hall–Kier alpha value is -1.28. The Balaban J connectivity index is 2.02. The molecule has 0 unspecified atom stereocenters. The fourth-order valence-electron chi connectivity index (χ4n) is 1.28. The maximum atomic E-state index is 5.37. The van der Waals surface area contributed by atoms with Crippen LogP contribution in [0.15, 0.2) is 40.9 Å². The van der Waals surface area contributed by atoms with Gasteiger partial charge in [0, 0.05) is 22.4 Å². The van der Waals surface area contributed by atoms with Crippen LogP contribution in [0.3, 0.4) is 0 Å². The van der Waals surface area contributed by atoms with Gasteiger partial charge in [-0.3, -0.25) is 0 Å². The highest BCUT2D eigenvalue weighted by Crippen LogP contribution is 2.25. The van der Waals surface area contributed by atoms with Gasteiger partial charge in [-0.2, -0.15) is 0 Å². The number of hydrogen-bond donors (Lipinski definition) is 1. The van der Waals surface area contributed by atoms with E-state index in [2.05, 4.69) is 22.2 Å². The van der Waals surface area contributed by atoms with Crippen molar-refractivity contribution < 1.29 is 0 Å². The summed E-state index contributed by atoms with van der Waals surface area (Å²) < 4.78 is 0. The van der Waals surface area contributed by atoms with Crippen molar-refractivity contribution in [2.75, 3.05) is 6.54 Å². The summed E-state index contributed by atoms with van der Waals surface area (Å²) in [6, 6.07) is 7.98. The highest BCUT2D eigenvalue weighted by atomic mass is 32.2. The summed E-state index contributed by atoms with van der Waals surface area (Å²) in [5.74, 6) is 6.89. The van der Waals surface area contributed by atoms with Crippen LogP contribution in [-0.4, -0.2) is 11.5 Å². The quantitative estimate of drug-likeness (QED) is 0.681. The first-order valence-corrected chi connectivity index (χ1v) is 7.06. The predicted octanol–water partition coefficient (Wildman–Crippen LogP) is 2.75. The van der Waals surface area contributed by atoms with Gasteiger partial charge in [0.05, 0.1) is 11.6 Å². The summed E-state index contributed by atoms with van der Waals surface area (Å²) in [5, 5.41) is 3.10. The monoisotopic (exact) mass is 260 g/mol. The van der Waals surface area contributed by atoms with E-state index < -0.39 is 0 Å². The van der Waals surface area contributed by atoms with Gasteiger partial charge in [0.15, 0.2) is 0 Å². The summed E-state index contributed by atoms with van der Waals surface area (Å²) in [4.78, 5) is 5.56. The number of thioether (sulfide) groups is 1. The van der Waals surface area contributed by atoms with E-state index in [0.717, 1.165) is 16.3 Å². The molecule has 0 aliphatic carbocycles. The Morgan fingerprint density at radius 3 is 3.06 bits per heavy atom. The van der Waals surface area contributed by atoms with Crippen LogP contribution in [0.5, 0.6) is 0 Å².